The maximum Gasteiger partial charge on any atom is 0.278 e. The summed E-state index contributed by atoms with van der Waals surface area (Å²) < 4.78 is 14.0. The molecule has 4 rings (SSSR count). The van der Waals surface area contributed by atoms with Crippen molar-refractivity contribution < 1.29 is 14.1 Å². The van der Waals surface area contributed by atoms with Crippen molar-refractivity contribution >= 4 is 27.5 Å². The highest BCUT2D eigenvalue weighted by Crippen LogP contribution is 2.21. The Labute approximate surface area is 194 Å². The monoisotopic (exact) mass is 494 g/mol. The normalized spacial score (nSPS) is 10.9. The van der Waals surface area contributed by atoms with Crippen molar-refractivity contribution in [1.29, 1.82) is 0 Å². The first-order chi connectivity index (χ1) is 15.4. The van der Waals surface area contributed by atoms with Crippen LogP contribution in [0.4, 0.5) is 5.69 Å². The van der Waals surface area contributed by atoms with Crippen molar-refractivity contribution in [2.75, 3.05) is 5.32 Å². The highest BCUT2D eigenvalue weighted by Gasteiger charge is 2.21. The van der Waals surface area contributed by atoms with E-state index in [9.17, 15) is 4.79 Å². The summed E-state index contributed by atoms with van der Waals surface area (Å²) in [6.07, 6.45) is 3.38. The molecule has 2 aromatic carbocycles. The number of hydrogen-bond donors (Lipinski definition) is 1. The van der Waals surface area contributed by atoms with Crippen molar-refractivity contribution in [2.24, 2.45) is 0 Å². The van der Waals surface area contributed by atoms with E-state index < -0.39 is 0 Å². The van der Waals surface area contributed by atoms with Crippen LogP contribution >= 0.6 is 15.9 Å². The van der Waals surface area contributed by atoms with Crippen LogP contribution in [0.25, 0.3) is 0 Å². The summed E-state index contributed by atoms with van der Waals surface area (Å²) in [5.74, 6) is 0.915. The molecule has 0 saturated carbocycles. The van der Waals surface area contributed by atoms with Crippen LogP contribution in [-0.4, -0.2) is 20.8 Å². The number of carbonyl (C=O) groups excluding carboxylic acids is 1. The van der Waals surface area contributed by atoms with E-state index in [0.29, 0.717) is 23.6 Å². The molecular weight excluding hydrogens is 472 g/mol. The molecule has 0 bridgehead atoms. The van der Waals surface area contributed by atoms with Crippen LogP contribution in [0.3, 0.4) is 0 Å². The van der Waals surface area contributed by atoms with Crippen molar-refractivity contribution in [1.82, 2.24) is 14.9 Å². The van der Waals surface area contributed by atoms with Crippen LogP contribution in [0.1, 0.15) is 38.5 Å². The average Bonchev–Trinajstić information content (AvgIpc) is 3.33. The van der Waals surface area contributed by atoms with E-state index in [1.807, 2.05) is 50.2 Å². The lowest BCUT2D eigenvalue weighted by molar-refractivity contribution is 0.101. The van der Waals surface area contributed by atoms with Gasteiger partial charge in [0.2, 0.25) is 0 Å². The van der Waals surface area contributed by atoms with E-state index >= 15 is 0 Å². The van der Waals surface area contributed by atoms with Gasteiger partial charge in [-0.1, -0.05) is 39.3 Å². The summed E-state index contributed by atoms with van der Waals surface area (Å²) in [4.78, 5) is 12.8. The lowest BCUT2D eigenvalue weighted by Crippen LogP contribution is -2.15. The lowest BCUT2D eigenvalue weighted by atomic mass is 10.1. The van der Waals surface area contributed by atoms with Gasteiger partial charge in [-0.05, 0) is 61.7 Å². The highest BCUT2D eigenvalue weighted by molar-refractivity contribution is 9.10. The second-order valence-electron chi connectivity index (χ2n) is 7.69. The Morgan fingerprint density at radius 2 is 1.84 bits per heavy atom. The molecule has 0 radical (unpaired) electrons. The minimum Gasteiger partial charge on any atom is -0.489 e. The van der Waals surface area contributed by atoms with Gasteiger partial charge in [-0.25, -0.2) is 0 Å². The zero-order valence-corrected chi connectivity index (χ0v) is 19.6. The molecule has 8 heteroatoms. The van der Waals surface area contributed by atoms with Gasteiger partial charge in [-0.3, -0.25) is 9.48 Å². The van der Waals surface area contributed by atoms with Crippen molar-refractivity contribution in [3.63, 3.8) is 0 Å². The summed E-state index contributed by atoms with van der Waals surface area (Å²) in [5, 5.41) is 11.1. The molecule has 2 aromatic heterocycles. The maximum absolute atomic E-state index is 12.8. The Kier molecular flexibility index (Phi) is 6.41. The van der Waals surface area contributed by atoms with Gasteiger partial charge in [0.1, 0.15) is 18.1 Å². The summed E-state index contributed by atoms with van der Waals surface area (Å²) in [6.45, 7) is 6.58. The molecular formula is C24H23BrN4O3. The smallest absolute Gasteiger partial charge is 0.278 e. The average molecular weight is 495 g/mol. The summed E-state index contributed by atoms with van der Waals surface area (Å²) in [7, 11) is 0. The van der Waals surface area contributed by atoms with Gasteiger partial charge in [0, 0.05) is 10.7 Å². The number of halogens is 1. The number of nitrogens with one attached hydrogen (secondary N) is 1. The number of aromatic nitrogens is 3. The van der Waals surface area contributed by atoms with E-state index in [1.54, 1.807) is 24.0 Å². The number of ether oxygens (including phenoxy) is 1. The predicted octanol–water partition coefficient (Wildman–Crippen LogP) is 5.44. The fourth-order valence-corrected chi connectivity index (χ4v) is 3.66. The molecule has 0 aliphatic heterocycles. The summed E-state index contributed by atoms with van der Waals surface area (Å²) in [6, 6.07) is 14.0. The van der Waals surface area contributed by atoms with Gasteiger partial charge in [0.15, 0.2) is 5.69 Å². The van der Waals surface area contributed by atoms with Crippen LogP contribution in [0, 0.1) is 20.8 Å². The number of benzene rings is 2. The molecule has 2 heterocycles. The van der Waals surface area contributed by atoms with Crippen molar-refractivity contribution in [3.8, 4) is 5.75 Å². The molecule has 1 N–H and O–H groups in total. The first-order valence-corrected chi connectivity index (χ1v) is 10.9. The minimum absolute atomic E-state index is 0.184. The van der Waals surface area contributed by atoms with Gasteiger partial charge >= 0.3 is 0 Å². The Bertz CT molecular complexity index is 1220. The number of anilines is 1. The van der Waals surface area contributed by atoms with Crippen LogP contribution in [0.2, 0.25) is 0 Å². The second-order valence-corrected chi connectivity index (χ2v) is 8.60. The number of hydrogen-bond acceptors (Lipinski definition) is 5. The van der Waals surface area contributed by atoms with Crippen LogP contribution in [-0.2, 0) is 13.2 Å². The molecule has 164 valence electrons. The zero-order valence-electron chi connectivity index (χ0n) is 18.1. The second kappa shape index (κ2) is 9.40. The van der Waals surface area contributed by atoms with Gasteiger partial charge in [0.25, 0.3) is 5.91 Å². The molecule has 1 amide bonds. The van der Waals surface area contributed by atoms with E-state index in [4.69, 9.17) is 9.26 Å². The molecule has 0 fully saturated rings. The molecule has 0 saturated heterocycles. The molecule has 0 aliphatic rings. The topological polar surface area (TPSA) is 82.2 Å². The van der Waals surface area contributed by atoms with Crippen LogP contribution < -0.4 is 10.1 Å². The fraction of sp³-hybridized carbons (Fsp3) is 0.208. The quantitative estimate of drug-likeness (QED) is 0.369. The Morgan fingerprint density at radius 3 is 2.56 bits per heavy atom. The Balaban J connectivity index is 1.43. The third kappa shape index (κ3) is 5.26. The fourth-order valence-electron chi connectivity index (χ4n) is 3.39. The maximum atomic E-state index is 12.8. The van der Waals surface area contributed by atoms with E-state index in [1.165, 1.54) is 0 Å². The molecule has 0 atom stereocenters. The van der Waals surface area contributed by atoms with Crippen LogP contribution in [0.15, 0.2) is 63.9 Å². The third-order valence-corrected chi connectivity index (χ3v) is 5.46. The Hall–Kier alpha value is -3.39. The summed E-state index contributed by atoms with van der Waals surface area (Å²) >= 11 is 3.43. The Morgan fingerprint density at radius 1 is 1.12 bits per heavy atom. The van der Waals surface area contributed by atoms with E-state index in [-0.39, 0.29) is 18.2 Å². The molecule has 32 heavy (non-hydrogen) atoms. The highest BCUT2D eigenvalue weighted by atomic mass is 79.9. The minimum atomic E-state index is -0.371. The van der Waals surface area contributed by atoms with E-state index in [2.05, 4.69) is 37.6 Å². The number of rotatable bonds is 7. The summed E-state index contributed by atoms with van der Waals surface area (Å²) in [5.41, 5.74) is 4.72. The first kappa shape index (κ1) is 21.8. The first-order valence-electron chi connectivity index (χ1n) is 10.1. The molecule has 7 nitrogen and oxygen atoms in total. The molecule has 0 spiro atoms. The molecule has 4 aromatic rings. The predicted molar refractivity (Wildman–Crippen MR) is 125 cm³/mol. The largest absolute Gasteiger partial charge is 0.489 e. The molecule has 0 unspecified atom stereocenters. The zero-order chi connectivity index (χ0) is 22.7. The SMILES string of the molecule is Cc1cc(C)cc(OCc2c(C(=O)Nc3cnn(Cc4ccc(Br)cc4)c3)noc2C)c1. The third-order valence-electron chi connectivity index (χ3n) is 4.93. The van der Waals surface area contributed by atoms with Gasteiger partial charge in [-0.15, -0.1) is 0 Å². The van der Waals surface area contributed by atoms with Gasteiger partial charge in [0.05, 0.1) is 24.0 Å². The van der Waals surface area contributed by atoms with Crippen LogP contribution in [0.5, 0.6) is 5.75 Å². The number of carbonyl (C=O) groups is 1. The van der Waals surface area contributed by atoms with Gasteiger partial charge < -0.3 is 14.6 Å². The number of amides is 1. The number of aryl methyl sites for hydroxylation is 3. The van der Waals surface area contributed by atoms with E-state index in [0.717, 1.165) is 26.9 Å². The standard InChI is InChI=1S/C24H23BrN4O3/c1-15-8-16(2)10-21(9-15)31-14-22-17(3)32-28-23(22)24(30)27-20-11-26-29(13-20)12-18-4-6-19(25)7-5-18/h4-11,13H,12,14H2,1-3H3,(H,27,30). The molecule has 0 aliphatic carbocycles. The number of nitrogens with zero attached hydrogens (tertiary/aromatic N) is 3. The lowest BCUT2D eigenvalue weighted by Gasteiger charge is -2.08. The van der Waals surface area contributed by atoms with Crippen molar-refractivity contribution in [3.05, 3.63) is 93.0 Å². The van der Waals surface area contributed by atoms with Gasteiger partial charge in [-0.2, -0.15) is 5.10 Å². The van der Waals surface area contributed by atoms with Crippen molar-refractivity contribution in [2.45, 2.75) is 33.9 Å².